The first-order valence-corrected chi connectivity index (χ1v) is 11.1. The van der Waals surface area contributed by atoms with E-state index >= 15 is 0 Å². The maximum absolute atomic E-state index is 12.5. The molecule has 6 heteroatoms. The van der Waals surface area contributed by atoms with E-state index in [9.17, 15) is 14.4 Å². The fraction of sp³-hybridized carbons (Fsp3) is 0. The van der Waals surface area contributed by atoms with Gasteiger partial charge in [-0.05, 0) is 40.7 Å². The van der Waals surface area contributed by atoms with Crippen LogP contribution in [0.2, 0.25) is 0 Å². The lowest BCUT2D eigenvalue weighted by Gasteiger charge is -2.13. The molecule has 1 heterocycles. The standard InChI is InChI=1S/C23H19NO4Si/c25-23(22-16-18-8-4-5-12-21(18)28-22)24-19-9-6-7-17(15-19)13-14-29(26,27)20-10-2-1-3-11-20/h1-16,26-27H,(H,24,25)/b14-13+. The van der Waals surface area contributed by atoms with Crippen LogP contribution in [-0.2, 0) is 0 Å². The number of nitrogens with one attached hydrogen (secondary N) is 1. The van der Waals surface area contributed by atoms with Gasteiger partial charge in [0.25, 0.3) is 5.91 Å². The largest absolute Gasteiger partial charge is 0.451 e. The summed E-state index contributed by atoms with van der Waals surface area (Å²) in [6.07, 6.45) is 1.65. The summed E-state index contributed by atoms with van der Waals surface area (Å²) in [6.45, 7) is 0. The SMILES string of the molecule is O=C(Nc1cccc(/C=C/[Si](O)(O)c2ccccc2)c1)c1cc2ccccc2o1. The molecule has 0 unspecified atom stereocenters. The minimum absolute atomic E-state index is 0.230. The Morgan fingerprint density at radius 3 is 2.45 bits per heavy atom. The summed E-state index contributed by atoms with van der Waals surface area (Å²) in [5.41, 5.74) is 3.41. The number of benzene rings is 3. The molecule has 144 valence electrons. The molecule has 0 radical (unpaired) electrons. The molecule has 0 bridgehead atoms. The molecule has 0 aliphatic heterocycles. The van der Waals surface area contributed by atoms with Crippen molar-refractivity contribution in [3.05, 3.63) is 102 Å². The summed E-state index contributed by atoms with van der Waals surface area (Å²) in [5, 5.41) is 4.18. The second-order valence-electron chi connectivity index (χ2n) is 6.65. The van der Waals surface area contributed by atoms with Gasteiger partial charge in [-0.15, -0.1) is 0 Å². The molecule has 3 N–H and O–H groups in total. The van der Waals surface area contributed by atoms with Crippen molar-refractivity contribution >= 4 is 42.4 Å². The van der Waals surface area contributed by atoms with Crippen LogP contribution in [0.3, 0.4) is 0 Å². The van der Waals surface area contributed by atoms with Crippen molar-refractivity contribution in [1.82, 2.24) is 0 Å². The van der Waals surface area contributed by atoms with E-state index in [1.54, 1.807) is 54.6 Å². The van der Waals surface area contributed by atoms with Gasteiger partial charge in [-0.25, -0.2) is 0 Å². The fourth-order valence-corrected chi connectivity index (χ4v) is 4.30. The number of fused-ring (bicyclic) bond motifs is 1. The van der Waals surface area contributed by atoms with Crippen LogP contribution in [-0.4, -0.2) is 24.1 Å². The molecule has 0 saturated carbocycles. The lowest BCUT2D eigenvalue weighted by atomic mass is 10.2. The van der Waals surface area contributed by atoms with E-state index in [0.29, 0.717) is 16.5 Å². The minimum atomic E-state index is -3.67. The average Bonchev–Trinajstić information content (AvgIpc) is 3.18. The van der Waals surface area contributed by atoms with Crippen LogP contribution >= 0.6 is 0 Å². The molecule has 0 atom stereocenters. The molecule has 4 rings (SSSR count). The van der Waals surface area contributed by atoms with E-state index in [4.69, 9.17) is 4.42 Å². The summed E-state index contributed by atoms with van der Waals surface area (Å²) in [6, 6.07) is 25.0. The van der Waals surface area contributed by atoms with Crippen molar-refractivity contribution in [2.45, 2.75) is 0 Å². The van der Waals surface area contributed by atoms with Crippen LogP contribution < -0.4 is 10.5 Å². The molecule has 3 aromatic carbocycles. The Balaban J connectivity index is 1.50. The van der Waals surface area contributed by atoms with Gasteiger partial charge in [0.15, 0.2) is 5.76 Å². The molecular formula is C23H19NO4Si. The van der Waals surface area contributed by atoms with Gasteiger partial charge in [0.05, 0.1) is 0 Å². The molecule has 0 fully saturated rings. The van der Waals surface area contributed by atoms with Crippen molar-refractivity contribution in [2.24, 2.45) is 0 Å². The van der Waals surface area contributed by atoms with E-state index in [1.165, 1.54) is 5.70 Å². The lowest BCUT2D eigenvalue weighted by molar-refractivity contribution is 0.0998. The van der Waals surface area contributed by atoms with Gasteiger partial charge in [-0.1, -0.05) is 66.7 Å². The smallest absolute Gasteiger partial charge is 0.394 e. The Bertz CT molecular complexity index is 1150. The molecule has 0 aliphatic carbocycles. The quantitative estimate of drug-likeness (QED) is 0.447. The van der Waals surface area contributed by atoms with Crippen molar-refractivity contribution in [3.63, 3.8) is 0 Å². The van der Waals surface area contributed by atoms with Gasteiger partial charge in [0, 0.05) is 11.1 Å². The number of anilines is 1. The van der Waals surface area contributed by atoms with Crippen LogP contribution in [0, 0.1) is 0 Å². The number of rotatable bonds is 5. The molecule has 0 saturated heterocycles. The lowest BCUT2D eigenvalue weighted by Crippen LogP contribution is -2.46. The van der Waals surface area contributed by atoms with Crippen LogP contribution in [0.1, 0.15) is 16.1 Å². The third-order valence-corrected chi connectivity index (χ3v) is 6.32. The Morgan fingerprint density at radius 1 is 0.897 bits per heavy atom. The fourth-order valence-electron chi connectivity index (χ4n) is 3.00. The number of hydrogen-bond acceptors (Lipinski definition) is 4. The first-order valence-electron chi connectivity index (χ1n) is 9.11. The van der Waals surface area contributed by atoms with Crippen molar-refractivity contribution in [1.29, 1.82) is 0 Å². The summed E-state index contributed by atoms with van der Waals surface area (Å²) in [4.78, 5) is 33.3. The zero-order valence-corrected chi connectivity index (χ0v) is 16.4. The number of hydrogen-bond donors (Lipinski definition) is 3. The molecule has 0 aliphatic rings. The topological polar surface area (TPSA) is 82.7 Å². The number of carbonyl (C=O) groups excluding carboxylic acids is 1. The predicted octanol–water partition coefficient (Wildman–Crippen LogP) is 3.57. The Kier molecular flexibility index (Phi) is 5.14. The number of carbonyl (C=O) groups is 1. The average molecular weight is 401 g/mol. The highest BCUT2D eigenvalue weighted by molar-refractivity contribution is 6.83. The second-order valence-corrected chi connectivity index (χ2v) is 9.02. The van der Waals surface area contributed by atoms with Gasteiger partial charge in [0.1, 0.15) is 5.58 Å². The van der Waals surface area contributed by atoms with E-state index in [1.807, 2.05) is 36.4 Å². The van der Waals surface area contributed by atoms with Crippen LogP contribution in [0.4, 0.5) is 5.69 Å². The third kappa shape index (κ3) is 4.35. The summed E-state index contributed by atoms with van der Waals surface area (Å²) < 4.78 is 5.59. The zero-order valence-electron chi connectivity index (χ0n) is 15.4. The Morgan fingerprint density at radius 2 is 1.66 bits per heavy atom. The monoisotopic (exact) mass is 401 g/mol. The van der Waals surface area contributed by atoms with Crippen molar-refractivity contribution in [3.8, 4) is 0 Å². The third-order valence-electron chi connectivity index (χ3n) is 4.50. The highest BCUT2D eigenvalue weighted by Crippen LogP contribution is 2.20. The molecule has 5 nitrogen and oxygen atoms in total. The Labute approximate surface area is 168 Å². The van der Waals surface area contributed by atoms with Gasteiger partial charge in [-0.2, -0.15) is 0 Å². The number of furan rings is 1. The first-order chi connectivity index (χ1) is 14.0. The highest BCUT2D eigenvalue weighted by atomic mass is 28.4. The first kappa shape index (κ1) is 18.9. The predicted molar refractivity (Wildman–Crippen MR) is 116 cm³/mol. The highest BCUT2D eigenvalue weighted by Gasteiger charge is 2.28. The van der Waals surface area contributed by atoms with E-state index in [-0.39, 0.29) is 11.7 Å². The molecule has 4 aromatic rings. The zero-order chi connectivity index (χ0) is 20.3. The Hall–Kier alpha value is -3.45. The van der Waals surface area contributed by atoms with Crippen LogP contribution in [0.15, 0.2) is 95.0 Å². The number of amides is 1. The van der Waals surface area contributed by atoms with Gasteiger partial charge in [0.2, 0.25) is 0 Å². The molecular weight excluding hydrogens is 382 g/mol. The van der Waals surface area contributed by atoms with Gasteiger partial charge < -0.3 is 19.3 Å². The van der Waals surface area contributed by atoms with Crippen LogP contribution in [0.25, 0.3) is 17.0 Å². The van der Waals surface area contributed by atoms with Gasteiger partial charge >= 0.3 is 8.56 Å². The molecule has 29 heavy (non-hydrogen) atoms. The normalized spacial score (nSPS) is 11.8. The number of para-hydroxylation sites is 1. The van der Waals surface area contributed by atoms with Crippen molar-refractivity contribution in [2.75, 3.05) is 5.32 Å². The van der Waals surface area contributed by atoms with E-state index in [0.717, 1.165) is 10.9 Å². The van der Waals surface area contributed by atoms with E-state index < -0.39 is 8.56 Å². The van der Waals surface area contributed by atoms with Gasteiger partial charge in [-0.3, -0.25) is 4.79 Å². The van der Waals surface area contributed by atoms with Crippen LogP contribution in [0.5, 0.6) is 0 Å². The summed E-state index contributed by atoms with van der Waals surface area (Å²) in [5.74, 6) is -0.118. The summed E-state index contributed by atoms with van der Waals surface area (Å²) >= 11 is 0. The summed E-state index contributed by atoms with van der Waals surface area (Å²) in [7, 11) is -3.67. The molecule has 1 aromatic heterocycles. The maximum Gasteiger partial charge on any atom is 0.394 e. The van der Waals surface area contributed by atoms with E-state index in [2.05, 4.69) is 5.32 Å². The minimum Gasteiger partial charge on any atom is -0.451 e. The van der Waals surface area contributed by atoms with Crippen molar-refractivity contribution < 1.29 is 18.8 Å². The maximum atomic E-state index is 12.5. The molecule has 0 spiro atoms. The molecule has 1 amide bonds. The second kappa shape index (κ2) is 7.88.